The second kappa shape index (κ2) is 4.27. The molecule has 0 radical (unpaired) electrons. The van der Waals surface area contributed by atoms with Crippen molar-refractivity contribution in [2.75, 3.05) is 12.3 Å². The van der Waals surface area contributed by atoms with Crippen LogP contribution in [0.3, 0.4) is 0 Å². The van der Waals surface area contributed by atoms with E-state index >= 15 is 0 Å². The molecule has 2 N–H and O–H groups in total. The topological polar surface area (TPSA) is 66.0 Å². The number of fused-ring (bicyclic) bond motifs is 1. The molecule has 0 saturated carbocycles. The van der Waals surface area contributed by atoms with Gasteiger partial charge in [0, 0.05) is 19.0 Å². The van der Waals surface area contributed by atoms with E-state index in [1.807, 2.05) is 4.68 Å². The number of halogens is 1. The van der Waals surface area contributed by atoms with Crippen LogP contribution < -0.4 is 5.73 Å². The fourth-order valence-corrected chi connectivity index (χ4v) is 2.71. The molecule has 0 spiro atoms. The first kappa shape index (κ1) is 11.0. The summed E-state index contributed by atoms with van der Waals surface area (Å²) in [7, 11) is 0. The lowest BCUT2D eigenvalue weighted by molar-refractivity contribution is -0.0365. The highest BCUT2D eigenvalue weighted by Crippen LogP contribution is 2.32. The average Bonchev–Trinajstić information content (AvgIpc) is 2.70. The molecule has 90 valence electrons. The van der Waals surface area contributed by atoms with Crippen molar-refractivity contribution in [2.24, 2.45) is 0 Å². The van der Waals surface area contributed by atoms with Gasteiger partial charge in [0.2, 0.25) is 0 Å². The van der Waals surface area contributed by atoms with Gasteiger partial charge < -0.3 is 10.5 Å². The summed E-state index contributed by atoms with van der Waals surface area (Å²) < 4.78 is 8.51. The van der Waals surface area contributed by atoms with Crippen LogP contribution in [0.2, 0.25) is 0 Å². The van der Waals surface area contributed by atoms with Crippen LogP contribution in [0.4, 0.5) is 5.82 Å². The van der Waals surface area contributed by atoms with Gasteiger partial charge in [0.15, 0.2) is 12.0 Å². The van der Waals surface area contributed by atoms with Crippen molar-refractivity contribution in [1.82, 2.24) is 14.8 Å². The van der Waals surface area contributed by atoms with E-state index in [0.29, 0.717) is 5.82 Å². The summed E-state index contributed by atoms with van der Waals surface area (Å²) >= 11 is 3.49. The molecule has 1 saturated heterocycles. The van der Waals surface area contributed by atoms with Gasteiger partial charge in [0.1, 0.15) is 0 Å². The third-order valence-corrected chi connectivity index (χ3v) is 3.60. The zero-order valence-electron chi connectivity index (χ0n) is 9.27. The molecule has 6 heteroatoms. The monoisotopic (exact) mass is 296 g/mol. The Kier molecular flexibility index (Phi) is 2.76. The average molecular weight is 297 g/mol. The minimum Gasteiger partial charge on any atom is -0.382 e. The first-order chi connectivity index (χ1) is 8.27. The third-order valence-electron chi connectivity index (χ3n) is 3.02. The highest BCUT2D eigenvalue weighted by atomic mass is 79.9. The molecule has 3 heterocycles. The van der Waals surface area contributed by atoms with E-state index in [1.54, 1.807) is 12.4 Å². The number of nitrogen functional groups attached to an aromatic ring is 1. The summed E-state index contributed by atoms with van der Waals surface area (Å²) in [6.07, 6.45) is 6.74. The summed E-state index contributed by atoms with van der Waals surface area (Å²) in [6, 6.07) is 0. The predicted molar refractivity (Wildman–Crippen MR) is 68.5 cm³/mol. The van der Waals surface area contributed by atoms with Crippen LogP contribution >= 0.6 is 15.9 Å². The molecule has 1 atom stereocenters. The Morgan fingerprint density at radius 2 is 2.29 bits per heavy atom. The molecule has 0 aromatic carbocycles. The van der Waals surface area contributed by atoms with Gasteiger partial charge in [-0.1, -0.05) is 0 Å². The summed E-state index contributed by atoms with van der Waals surface area (Å²) in [6.45, 7) is 0.786. The largest absolute Gasteiger partial charge is 0.382 e. The molecular weight excluding hydrogens is 284 g/mol. The van der Waals surface area contributed by atoms with Crippen molar-refractivity contribution in [3.05, 3.63) is 16.9 Å². The maximum Gasteiger partial charge on any atom is 0.155 e. The van der Waals surface area contributed by atoms with Crippen LogP contribution in [-0.4, -0.2) is 21.4 Å². The lowest BCUT2D eigenvalue weighted by Crippen LogP contribution is -2.19. The molecule has 1 fully saturated rings. The first-order valence-corrected chi connectivity index (χ1v) is 6.45. The Bertz CT molecular complexity index is 548. The Morgan fingerprint density at radius 3 is 3.06 bits per heavy atom. The molecule has 0 amide bonds. The van der Waals surface area contributed by atoms with Crippen molar-refractivity contribution in [3.63, 3.8) is 0 Å². The molecule has 1 aliphatic heterocycles. The highest BCUT2D eigenvalue weighted by Gasteiger charge is 2.21. The van der Waals surface area contributed by atoms with Gasteiger partial charge in [-0.25, -0.2) is 4.68 Å². The first-order valence-electron chi connectivity index (χ1n) is 5.66. The van der Waals surface area contributed by atoms with E-state index in [0.717, 1.165) is 41.2 Å². The van der Waals surface area contributed by atoms with Crippen LogP contribution in [0.15, 0.2) is 16.9 Å². The number of rotatable bonds is 1. The smallest absolute Gasteiger partial charge is 0.155 e. The number of hydrogen-bond acceptors (Lipinski definition) is 4. The molecule has 5 nitrogen and oxygen atoms in total. The SMILES string of the molecule is Nc1nn(C2CCCCO2)c2c(Br)cncc12. The van der Waals surface area contributed by atoms with Crippen molar-refractivity contribution >= 4 is 32.7 Å². The second-order valence-electron chi connectivity index (χ2n) is 4.17. The Hall–Kier alpha value is -1.14. The van der Waals surface area contributed by atoms with Crippen molar-refractivity contribution in [1.29, 1.82) is 0 Å². The van der Waals surface area contributed by atoms with E-state index in [-0.39, 0.29) is 6.23 Å². The van der Waals surface area contributed by atoms with Gasteiger partial charge in [-0.2, -0.15) is 5.10 Å². The molecule has 2 aromatic heterocycles. The number of ether oxygens (including phenoxy) is 1. The third kappa shape index (κ3) is 1.81. The van der Waals surface area contributed by atoms with E-state index in [4.69, 9.17) is 10.5 Å². The predicted octanol–water partition coefficient (Wildman–Crippen LogP) is 2.48. The number of aromatic nitrogens is 3. The maximum absolute atomic E-state index is 5.90. The van der Waals surface area contributed by atoms with Crippen LogP contribution in [0.1, 0.15) is 25.5 Å². The Morgan fingerprint density at radius 1 is 1.41 bits per heavy atom. The normalized spacial score (nSPS) is 20.9. The zero-order valence-corrected chi connectivity index (χ0v) is 10.9. The number of nitrogens with two attached hydrogens (primary N) is 1. The fraction of sp³-hybridized carbons (Fsp3) is 0.455. The highest BCUT2D eigenvalue weighted by molar-refractivity contribution is 9.10. The van der Waals surface area contributed by atoms with E-state index in [9.17, 15) is 0 Å². The lowest BCUT2D eigenvalue weighted by Gasteiger charge is -2.23. The van der Waals surface area contributed by atoms with E-state index in [1.165, 1.54) is 0 Å². The van der Waals surface area contributed by atoms with Crippen molar-refractivity contribution < 1.29 is 4.74 Å². The molecule has 2 aromatic rings. The van der Waals surface area contributed by atoms with Crippen LogP contribution in [0.25, 0.3) is 10.9 Å². The lowest BCUT2D eigenvalue weighted by atomic mass is 10.2. The Balaban J connectivity index is 2.15. The second-order valence-corrected chi connectivity index (χ2v) is 5.02. The van der Waals surface area contributed by atoms with E-state index < -0.39 is 0 Å². The Labute approximate surface area is 107 Å². The summed E-state index contributed by atoms with van der Waals surface area (Å²) in [4.78, 5) is 4.11. The van der Waals surface area contributed by atoms with Gasteiger partial charge in [-0.15, -0.1) is 0 Å². The van der Waals surface area contributed by atoms with Gasteiger partial charge in [0.25, 0.3) is 0 Å². The van der Waals surface area contributed by atoms with Crippen molar-refractivity contribution in [2.45, 2.75) is 25.5 Å². The van der Waals surface area contributed by atoms with Gasteiger partial charge >= 0.3 is 0 Å². The summed E-state index contributed by atoms with van der Waals surface area (Å²) in [5.74, 6) is 0.503. The van der Waals surface area contributed by atoms with E-state index in [2.05, 4.69) is 26.0 Å². The van der Waals surface area contributed by atoms with Crippen LogP contribution in [0.5, 0.6) is 0 Å². The minimum absolute atomic E-state index is 0.0118. The quantitative estimate of drug-likeness (QED) is 0.878. The summed E-state index contributed by atoms with van der Waals surface area (Å²) in [5, 5.41) is 5.24. The molecule has 3 rings (SSSR count). The maximum atomic E-state index is 5.90. The molecule has 1 unspecified atom stereocenters. The minimum atomic E-state index is -0.0118. The number of nitrogens with zero attached hydrogens (tertiary/aromatic N) is 3. The zero-order chi connectivity index (χ0) is 11.8. The molecular formula is C11H13BrN4O. The van der Waals surface area contributed by atoms with Crippen LogP contribution in [-0.2, 0) is 4.74 Å². The fourth-order valence-electron chi connectivity index (χ4n) is 2.19. The van der Waals surface area contributed by atoms with Crippen molar-refractivity contribution in [3.8, 4) is 0 Å². The standard InChI is InChI=1S/C11H13BrN4O/c12-8-6-14-5-7-10(8)16(15-11(7)13)9-3-1-2-4-17-9/h5-6,9H,1-4H2,(H2,13,15). The number of hydrogen-bond donors (Lipinski definition) is 1. The number of anilines is 1. The molecule has 0 aliphatic carbocycles. The molecule has 1 aliphatic rings. The summed E-state index contributed by atoms with van der Waals surface area (Å²) in [5.41, 5.74) is 6.87. The van der Waals surface area contributed by atoms with Gasteiger partial charge in [-0.3, -0.25) is 4.98 Å². The van der Waals surface area contributed by atoms with Crippen LogP contribution in [0, 0.1) is 0 Å². The molecule has 17 heavy (non-hydrogen) atoms. The van der Waals surface area contributed by atoms with Gasteiger partial charge in [0.05, 0.1) is 15.4 Å². The molecule has 0 bridgehead atoms. The van der Waals surface area contributed by atoms with Gasteiger partial charge in [-0.05, 0) is 35.2 Å². The number of pyridine rings is 1.